The predicted molar refractivity (Wildman–Crippen MR) is 103 cm³/mol. The first-order chi connectivity index (χ1) is 11.8. The summed E-state index contributed by atoms with van der Waals surface area (Å²) < 4.78 is 2.21. The van der Waals surface area contributed by atoms with Crippen molar-refractivity contribution in [2.45, 2.75) is 46.8 Å². The number of aliphatic imine (C=N–C) groups is 1. The molecule has 0 spiro atoms. The van der Waals surface area contributed by atoms with E-state index in [-0.39, 0.29) is 0 Å². The van der Waals surface area contributed by atoms with Crippen molar-refractivity contribution in [1.29, 1.82) is 0 Å². The molecule has 0 saturated heterocycles. The summed E-state index contributed by atoms with van der Waals surface area (Å²) in [5.74, 6) is 6.00. The first-order valence-electron chi connectivity index (χ1n) is 8.43. The molecule has 0 bridgehead atoms. The number of aromatic amines is 1. The van der Waals surface area contributed by atoms with Crippen LogP contribution in [0.3, 0.4) is 0 Å². The molecule has 0 aliphatic rings. The fourth-order valence-electron chi connectivity index (χ4n) is 2.56. The van der Waals surface area contributed by atoms with Crippen LogP contribution in [0.25, 0.3) is 23.4 Å². The van der Waals surface area contributed by atoms with Crippen LogP contribution in [0.1, 0.15) is 34.6 Å². The highest BCUT2D eigenvalue weighted by atomic mass is 16.3. The summed E-state index contributed by atoms with van der Waals surface area (Å²) in [6.07, 6.45) is 11.3. The molecule has 2 aromatic rings. The van der Waals surface area contributed by atoms with Crippen molar-refractivity contribution < 1.29 is 5.11 Å². The third-order valence-corrected chi connectivity index (χ3v) is 3.53. The molecule has 0 atom stereocenters. The van der Waals surface area contributed by atoms with Crippen LogP contribution in [-0.4, -0.2) is 31.7 Å². The molecule has 0 aliphatic carbocycles. The maximum Gasteiger partial charge on any atom is 0.120 e. The van der Waals surface area contributed by atoms with Crippen LogP contribution in [0, 0.1) is 17.8 Å². The standard InChI is InChI=1S/C20H26N4O/c1-6-17-18(16-10-22-23-11-16)14-24(13-15(2)3)19(17)12-21-9-7-8-20(4,5)25/h6,9-12,14-15,25H,13H2,1-5H3,(H,22,23)/b17-6-,19-12+,21-9?. The van der Waals surface area contributed by atoms with Gasteiger partial charge in [0.1, 0.15) is 5.60 Å². The Kier molecular flexibility index (Phi) is 6.00. The minimum absolute atomic E-state index is 0.514. The summed E-state index contributed by atoms with van der Waals surface area (Å²) in [5, 5.41) is 18.7. The van der Waals surface area contributed by atoms with Crippen LogP contribution in [0.5, 0.6) is 0 Å². The topological polar surface area (TPSA) is 66.2 Å². The lowest BCUT2D eigenvalue weighted by molar-refractivity contribution is 0.143. The zero-order valence-corrected chi connectivity index (χ0v) is 15.5. The van der Waals surface area contributed by atoms with E-state index in [9.17, 15) is 5.11 Å². The van der Waals surface area contributed by atoms with Gasteiger partial charge in [0.05, 0.1) is 24.0 Å². The molecule has 0 saturated carbocycles. The molecule has 2 rings (SSSR count). The Hall–Kier alpha value is -2.58. The first-order valence-corrected chi connectivity index (χ1v) is 8.43. The summed E-state index contributed by atoms with van der Waals surface area (Å²) in [7, 11) is 0. The van der Waals surface area contributed by atoms with Gasteiger partial charge in [-0.05, 0) is 26.7 Å². The molecule has 2 aromatic heterocycles. The lowest BCUT2D eigenvalue weighted by Crippen LogP contribution is -2.30. The van der Waals surface area contributed by atoms with Crippen molar-refractivity contribution in [3.05, 3.63) is 29.2 Å². The molecule has 0 amide bonds. The zero-order chi connectivity index (χ0) is 18.4. The molecule has 0 unspecified atom stereocenters. The quantitative estimate of drug-likeness (QED) is 0.661. The summed E-state index contributed by atoms with van der Waals surface area (Å²) in [5.41, 5.74) is 1.16. The van der Waals surface area contributed by atoms with E-state index in [1.165, 1.54) is 6.21 Å². The molecule has 25 heavy (non-hydrogen) atoms. The Morgan fingerprint density at radius 2 is 2.20 bits per heavy atom. The molecule has 5 nitrogen and oxygen atoms in total. The van der Waals surface area contributed by atoms with E-state index in [0.717, 1.165) is 28.2 Å². The third kappa shape index (κ3) is 5.20. The van der Waals surface area contributed by atoms with Crippen molar-refractivity contribution in [2.75, 3.05) is 0 Å². The summed E-state index contributed by atoms with van der Waals surface area (Å²) in [6.45, 7) is 10.6. The van der Waals surface area contributed by atoms with Gasteiger partial charge >= 0.3 is 0 Å². The average Bonchev–Trinajstić information content (AvgIpc) is 3.13. The number of aliphatic hydroxyl groups is 1. The van der Waals surface area contributed by atoms with E-state index in [1.807, 2.05) is 25.5 Å². The number of nitrogens with one attached hydrogen (secondary N) is 1. The summed E-state index contributed by atoms with van der Waals surface area (Å²) >= 11 is 0. The molecule has 132 valence electrons. The Labute approximate surface area is 148 Å². The molecule has 5 heteroatoms. The van der Waals surface area contributed by atoms with Gasteiger partial charge in [0.2, 0.25) is 0 Å². The molecule has 0 radical (unpaired) electrons. The first kappa shape index (κ1) is 18.8. The molecular weight excluding hydrogens is 312 g/mol. The van der Waals surface area contributed by atoms with E-state index in [2.05, 4.69) is 57.7 Å². The van der Waals surface area contributed by atoms with Gasteiger partial charge in [0.15, 0.2) is 0 Å². The maximum absolute atomic E-state index is 9.60. The van der Waals surface area contributed by atoms with Gasteiger partial charge in [-0.1, -0.05) is 31.8 Å². The highest BCUT2D eigenvalue weighted by molar-refractivity contribution is 5.80. The van der Waals surface area contributed by atoms with Crippen molar-refractivity contribution in [2.24, 2.45) is 10.9 Å². The monoisotopic (exact) mass is 338 g/mol. The third-order valence-electron chi connectivity index (χ3n) is 3.53. The smallest absolute Gasteiger partial charge is 0.120 e. The van der Waals surface area contributed by atoms with E-state index in [1.54, 1.807) is 13.8 Å². The van der Waals surface area contributed by atoms with Gasteiger partial charge in [-0.2, -0.15) is 5.10 Å². The van der Waals surface area contributed by atoms with Crippen molar-refractivity contribution >= 4 is 18.5 Å². The van der Waals surface area contributed by atoms with Crippen LogP contribution in [-0.2, 0) is 6.54 Å². The summed E-state index contributed by atoms with van der Waals surface area (Å²) in [4.78, 5) is 4.32. The number of aromatic nitrogens is 3. The van der Waals surface area contributed by atoms with Crippen LogP contribution < -0.4 is 10.6 Å². The lowest BCUT2D eigenvalue weighted by Gasteiger charge is -2.06. The van der Waals surface area contributed by atoms with Crippen LogP contribution >= 0.6 is 0 Å². The van der Waals surface area contributed by atoms with E-state index < -0.39 is 5.60 Å². The number of nitrogens with zero attached hydrogens (tertiary/aromatic N) is 3. The minimum atomic E-state index is -1.01. The Balaban J connectivity index is 2.52. The van der Waals surface area contributed by atoms with E-state index in [0.29, 0.717) is 5.92 Å². The fraction of sp³-hybridized carbons (Fsp3) is 0.400. The Morgan fingerprint density at radius 3 is 2.76 bits per heavy atom. The molecule has 2 N–H and O–H groups in total. The van der Waals surface area contributed by atoms with Gasteiger partial charge in [-0.3, -0.25) is 10.1 Å². The van der Waals surface area contributed by atoms with Gasteiger partial charge in [-0.25, -0.2) is 0 Å². The second-order valence-electron chi connectivity index (χ2n) is 6.90. The minimum Gasteiger partial charge on any atom is -0.378 e. The Morgan fingerprint density at radius 1 is 1.44 bits per heavy atom. The lowest BCUT2D eigenvalue weighted by atomic mass is 10.1. The van der Waals surface area contributed by atoms with Crippen molar-refractivity contribution in [3.63, 3.8) is 0 Å². The number of hydrogen-bond acceptors (Lipinski definition) is 3. The van der Waals surface area contributed by atoms with Crippen molar-refractivity contribution in [3.8, 4) is 23.0 Å². The number of hydrogen-bond donors (Lipinski definition) is 2. The highest BCUT2D eigenvalue weighted by Gasteiger charge is 2.09. The van der Waals surface area contributed by atoms with Gasteiger partial charge in [0.25, 0.3) is 0 Å². The summed E-state index contributed by atoms with van der Waals surface area (Å²) in [6, 6.07) is 0. The second kappa shape index (κ2) is 8.00. The molecule has 0 fully saturated rings. The predicted octanol–water partition coefficient (Wildman–Crippen LogP) is 1.92. The van der Waals surface area contributed by atoms with Crippen LogP contribution in [0.15, 0.2) is 23.6 Å². The second-order valence-corrected chi connectivity index (χ2v) is 6.90. The van der Waals surface area contributed by atoms with Gasteiger partial charge < -0.3 is 9.67 Å². The molecule has 0 aliphatic heterocycles. The largest absolute Gasteiger partial charge is 0.378 e. The van der Waals surface area contributed by atoms with Gasteiger partial charge in [-0.15, -0.1) is 0 Å². The van der Waals surface area contributed by atoms with Crippen molar-refractivity contribution in [1.82, 2.24) is 14.8 Å². The van der Waals surface area contributed by atoms with E-state index >= 15 is 0 Å². The number of rotatable bonds is 4. The maximum atomic E-state index is 9.60. The van der Waals surface area contributed by atoms with Crippen LogP contribution in [0.2, 0.25) is 0 Å². The SMILES string of the molecule is C/C=c1/c(-c2cn[nH]c2)cn(CC(C)C)/c1=C/N=CC#CC(C)(C)O. The molecular formula is C20H26N4O. The van der Waals surface area contributed by atoms with Crippen LogP contribution in [0.4, 0.5) is 0 Å². The fourth-order valence-corrected chi connectivity index (χ4v) is 2.56. The average molecular weight is 338 g/mol. The normalized spacial score (nSPS) is 13.7. The molecule has 2 heterocycles. The zero-order valence-electron chi connectivity index (χ0n) is 15.5. The highest BCUT2D eigenvalue weighted by Crippen LogP contribution is 2.12. The molecule has 0 aromatic carbocycles. The number of H-pyrrole nitrogens is 1. The Bertz CT molecular complexity index is 898. The van der Waals surface area contributed by atoms with E-state index in [4.69, 9.17) is 0 Å². The van der Waals surface area contributed by atoms with Gasteiger partial charge in [0, 0.05) is 35.3 Å².